The number of phenolic OH excluding ortho intramolecular Hbond substituents is 1. The fraction of sp³-hybridized carbons (Fsp3) is 0.500. The zero-order chi connectivity index (χ0) is 14.2. The Balaban J connectivity index is 0.00000220. The fourth-order valence-corrected chi connectivity index (χ4v) is 2.76. The zero-order valence-electron chi connectivity index (χ0n) is 12.9. The predicted octanol–water partition coefficient (Wildman–Crippen LogP) is 1.66. The Morgan fingerprint density at radius 1 is 0.952 bits per heavy atom. The van der Waals surface area contributed by atoms with Crippen molar-refractivity contribution in [2.24, 2.45) is 0 Å². The molecule has 0 radical (unpaired) electrons. The van der Waals surface area contributed by atoms with Crippen LogP contribution in [0.3, 0.4) is 0 Å². The maximum absolute atomic E-state index is 9.86. The number of unbranched alkanes of at least 4 members (excludes halogenated alkanes) is 6. The Labute approximate surface area is 134 Å². The van der Waals surface area contributed by atoms with Crippen LogP contribution >= 0.6 is 0 Å². The van der Waals surface area contributed by atoms with E-state index in [9.17, 15) is 5.11 Å². The summed E-state index contributed by atoms with van der Waals surface area (Å²) in [5.41, 5.74) is 2.19. The van der Waals surface area contributed by atoms with Crippen molar-refractivity contribution >= 4 is 10.9 Å². The number of benzene rings is 1. The molecule has 0 amide bonds. The standard InChI is InChI=1S/C18H25NO.ClH/c1-2-3-4-5-6-7-8-10-15-12-13-17(20)18-16(15)11-9-14-19-18;/h9,11-14,20H,2-8,10H2,1H3;1H. The van der Waals surface area contributed by atoms with Gasteiger partial charge in [0.05, 0.1) is 5.39 Å². The summed E-state index contributed by atoms with van der Waals surface area (Å²) in [6, 6.07) is 7.94. The number of H-pyrrole nitrogens is 1. The number of nitrogens with one attached hydrogen (secondary N) is 1. The molecule has 0 fully saturated rings. The maximum atomic E-state index is 9.86. The first kappa shape index (κ1) is 17.8. The molecule has 0 bridgehead atoms. The number of aryl methyl sites for hydroxylation is 1. The fourth-order valence-electron chi connectivity index (χ4n) is 2.76. The molecule has 2 aromatic rings. The van der Waals surface area contributed by atoms with Crippen molar-refractivity contribution in [1.82, 2.24) is 0 Å². The molecule has 1 heterocycles. The van der Waals surface area contributed by atoms with Crippen LogP contribution in [0, 0.1) is 0 Å². The Morgan fingerprint density at radius 3 is 2.43 bits per heavy atom. The van der Waals surface area contributed by atoms with Gasteiger partial charge in [-0.2, -0.15) is 0 Å². The topological polar surface area (TPSA) is 34.4 Å². The first-order valence-electron chi connectivity index (χ1n) is 7.94. The Hall–Kier alpha value is -1.28. The highest BCUT2D eigenvalue weighted by atomic mass is 35.5. The van der Waals surface area contributed by atoms with Crippen LogP contribution in [0.5, 0.6) is 5.75 Å². The first-order valence-corrected chi connectivity index (χ1v) is 7.94. The number of hydrogen-bond donors (Lipinski definition) is 1. The largest absolute Gasteiger partial charge is 1.00 e. The van der Waals surface area contributed by atoms with Gasteiger partial charge < -0.3 is 17.5 Å². The molecule has 2 nitrogen and oxygen atoms in total. The van der Waals surface area contributed by atoms with Crippen LogP contribution in [0.4, 0.5) is 0 Å². The van der Waals surface area contributed by atoms with E-state index in [4.69, 9.17) is 0 Å². The van der Waals surface area contributed by atoms with E-state index in [0.29, 0.717) is 5.75 Å². The molecular weight excluding hydrogens is 282 g/mol. The van der Waals surface area contributed by atoms with Gasteiger partial charge in [-0.05, 0) is 30.5 Å². The molecule has 0 aliphatic heterocycles. The molecule has 0 aliphatic carbocycles. The Kier molecular flexibility index (Phi) is 8.14. The van der Waals surface area contributed by atoms with Crippen molar-refractivity contribution in [3.8, 4) is 5.75 Å². The molecule has 1 aromatic heterocycles. The number of rotatable bonds is 8. The summed E-state index contributed by atoms with van der Waals surface area (Å²) < 4.78 is 0. The summed E-state index contributed by atoms with van der Waals surface area (Å²) in [5, 5.41) is 11.0. The van der Waals surface area contributed by atoms with E-state index >= 15 is 0 Å². The summed E-state index contributed by atoms with van der Waals surface area (Å²) in [4.78, 5) is 3.13. The van der Waals surface area contributed by atoms with Crippen molar-refractivity contribution in [1.29, 1.82) is 0 Å². The van der Waals surface area contributed by atoms with Crippen molar-refractivity contribution in [3.63, 3.8) is 0 Å². The molecule has 0 aliphatic rings. The Morgan fingerprint density at radius 2 is 1.67 bits per heavy atom. The van der Waals surface area contributed by atoms with Gasteiger partial charge in [-0.15, -0.1) is 0 Å². The van der Waals surface area contributed by atoms with E-state index in [1.807, 2.05) is 12.3 Å². The zero-order valence-corrected chi connectivity index (χ0v) is 13.6. The van der Waals surface area contributed by atoms with Crippen LogP contribution in [0.15, 0.2) is 30.5 Å². The lowest BCUT2D eigenvalue weighted by molar-refractivity contribution is -0.345. The van der Waals surface area contributed by atoms with E-state index in [-0.39, 0.29) is 12.4 Å². The summed E-state index contributed by atoms with van der Waals surface area (Å²) in [7, 11) is 0. The van der Waals surface area contributed by atoms with Crippen molar-refractivity contribution in [2.75, 3.05) is 0 Å². The Bertz CT molecular complexity index is 542. The van der Waals surface area contributed by atoms with Gasteiger partial charge in [0, 0.05) is 6.07 Å². The highest BCUT2D eigenvalue weighted by Crippen LogP contribution is 2.25. The normalized spacial score (nSPS) is 10.5. The highest BCUT2D eigenvalue weighted by molar-refractivity contribution is 5.84. The lowest BCUT2D eigenvalue weighted by atomic mass is 10.0. The molecule has 2 rings (SSSR count). The third-order valence-corrected chi connectivity index (χ3v) is 3.95. The molecule has 3 heteroatoms. The van der Waals surface area contributed by atoms with E-state index in [0.717, 1.165) is 17.3 Å². The number of aromatic amines is 1. The number of fused-ring (bicyclic) bond motifs is 1. The maximum Gasteiger partial charge on any atom is 0.253 e. The van der Waals surface area contributed by atoms with Gasteiger partial charge in [0.25, 0.3) is 5.52 Å². The second-order valence-corrected chi connectivity index (χ2v) is 5.57. The first-order chi connectivity index (χ1) is 9.83. The van der Waals surface area contributed by atoms with Gasteiger partial charge in [-0.3, -0.25) is 0 Å². The lowest BCUT2D eigenvalue weighted by Gasteiger charge is -2.05. The molecule has 0 atom stereocenters. The van der Waals surface area contributed by atoms with Gasteiger partial charge in [0.15, 0.2) is 11.9 Å². The number of pyridine rings is 1. The van der Waals surface area contributed by atoms with E-state index in [2.05, 4.69) is 24.0 Å². The molecular formula is C18H26ClNO. The second-order valence-electron chi connectivity index (χ2n) is 5.57. The monoisotopic (exact) mass is 307 g/mol. The van der Waals surface area contributed by atoms with Crippen LogP contribution in [0.2, 0.25) is 0 Å². The highest BCUT2D eigenvalue weighted by Gasteiger charge is 2.09. The minimum Gasteiger partial charge on any atom is -1.00 e. The van der Waals surface area contributed by atoms with E-state index in [1.54, 1.807) is 6.07 Å². The number of aromatic hydroxyl groups is 1. The quantitative estimate of drug-likeness (QED) is 0.740. The van der Waals surface area contributed by atoms with Gasteiger partial charge in [-0.25, -0.2) is 4.98 Å². The lowest BCUT2D eigenvalue weighted by Crippen LogP contribution is -3.00. The van der Waals surface area contributed by atoms with Crippen LogP contribution in [0.25, 0.3) is 10.9 Å². The molecule has 0 unspecified atom stereocenters. The van der Waals surface area contributed by atoms with Gasteiger partial charge in [0.2, 0.25) is 0 Å². The summed E-state index contributed by atoms with van der Waals surface area (Å²) >= 11 is 0. The second kappa shape index (κ2) is 9.62. The molecule has 0 saturated heterocycles. The smallest absolute Gasteiger partial charge is 0.253 e. The average molecular weight is 308 g/mol. The molecule has 0 saturated carbocycles. The van der Waals surface area contributed by atoms with Crippen LogP contribution < -0.4 is 17.4 Å². The van der Waals surface area contributed by atoms with Crippen molar-refractivity contribution in [3.05, 3.63) is 36.0 Å². The summed E-state index contributed by atoms with van der Waals surface area (Å²) in [6.45, 7) is 2.26. The summed E-state index contributed by atoms with van der Waals surface area (Å²) in [6.07, 6.45) is 12.3. The summed E-state index contributed by atoms with van der Waals surface area (Å²) in [5.74, 6) is 0.337. The SMILES string of the molecule is CCCCCCCCCc1ccc(O)c2[nH+]cccc12.[Cl-]. The van der Waals surface area contributed by atoms with Crippen LogP contribution in [-0.2, 0) is 6.42 Å². The molecule has 21 heavy (non-hydrogen) atoms. The van der Waals surface area contributed by atoms with Gasteiger partial charge in [0.1, 0.15) is 0 Å². The third kappa shape index (κ3) is 5.20. The van der Waals surface area contributed by atoms with Crippen LogP contribution in [-0.4, -0.2) is 5.11 Å². The number of phenols is 1. The average Bonchev–Trinajstić information content (AvgIpc) is 2.49. The number of halogens is 1. The minimum absolute atomic E-state index is 0. The van der Waals surface area contributed by atoms with Crippen LogP contribution in [0.1, 0.15) is 57.4 Å². The van der Waals surface area contributed by atoms with Crippen molar-refractivity contribution < 1.29 is 22.5 Å². The third-order valence-electron chi connectivity index (χ3n) is 3.95. The minimum atomic E-state index is 0. The van der Waals surface area contributed by atoms with E-state index < -0.39 is 0 Å². The number of hydrogen-bond acceptors (Lipinski definition) is 1. The molecule has 2 N–H and O–H groups in total. The molecule has 0 spiro atoms. The molecule has 1 aromatic carbocycles. The van der Waals surface area contributed by atoms with Crippen molar-refractivity contribution in [2.45, 2.75) is 58.3 Å². The van der Waals surface area contributed by atoms with E-state index in [1.165, 1.54) is 50.5 Å². The predicted molar refractivity (Wildman–Crippen MR) is 83.9 cm³/mol. The molecule has 116 valence electrons. The van der Waals surface area contributed by atoms with Gasteiger partial charge >= 0.3 is 0 Å². The van der Waals surface area contributed by atoms with Gasteiger partial charge in [-0.1, -0.05) is 51.5 Å². The number of aromatic nitrogens is 1.